The van der Waals surface area contributed by atoms with Gasteiger partial charge in [-0.15, -0.1) is 13.2 Å². The van der Waals surface area contributed by atoms with Crippen molar-refractivity contribution in [1.82, 2.24) is 4.90 Å². The number of aliphatic hydroxyl groups excluding tert-OH is 1. The number of anilines is 3. The van der Waals surface area contributed by atoms with E-state index in [0.29, 0.717) is 17.8 Å². The van der Waals surface area contributed by atoms with Crippen molar-refractivity contribution in [2.45, 2.75) is 55.8 Å². The molecule has 0 radical (unpaired) electrons. The highest BCUT2D eigenvalue weighted by Crippen LogP contribution is 2.61. The average molecular weight is 680 g/mol. The minimum Gasteiger partial charge on any atom is -0.394 e. The Bertz CT molecular complexity index is 1420. The van der Waals surface area contributed by atoms with E-state index in [-0.39, 0.29) is 42.2 Å². The molecule has 1 N–H and O–H groups in total. The topological polar surface area (TPSA) is 93.6 Å². The zero-order valence-electron chi connectivity index (χ0n) is 26.2. The number of fused-ring (bicyclic) bond motifs is 1. The van der Waals surface area contributed by atoms with Crippen LogP contribution < -0.4 is 14.7 Å². The van der Waals surface area contributed by atoms with Gasteiger partial charge < -0.3 is 29.4 Å². The number of para-hydroxylation sites is 1. The number of benzene rings is 2. The lowest BCUT2D eigenvalue weighted by atomic mass is 9.70. The standard InChI is InChI=1S/C35H43BrN4O5/c1-6-19-38(25-13-11-10-12-14-25)32(42)28-29-33(43)40(23(5)22-41)31(35(29)21-27(36)30(28)45-35)34(44)39(20-7-2)26-17-15-24(16-18-26)37(8-3)9-4/h6-7,10-18,23,27-31,41H,1-2,8-9,19-22H2,3-5H3/t23-,27?,28+,29+,30+,31?,35?/m1/s1. The van der Waals surface area contributed by atoms with Crippen LogP contribution in [0, 0.1) is 11.8 Å². The molecule has 240 valence electrons. The maximum atomic E-state index is 14.8. The molecule has 5 rings (SSSR count). The number of hydrogen-bond donors (Lipinski definition) is 1. The molecule has 2 aromatic rings. The first-order valence-electron chi connectivity index (χ1n) is 15.7. The van der Waals surface area contributed by atoms with Crippen molar-refractivity contribution in [3.63, 3.8) is 0 Å². The third-order valence-corrected chi connectivity index (χ3v) is 10.3. The van der Waals surface area contributed by atoms with Gasteiger partial charge in [0, 0.05) is 48.1 Å². The lowest BCUT2D eigenvalue weighted by Gasteiger charge is -2.38. The summed E-state index contributed by atoms with van der Waals surface area (Å²) in [7, 11) is 0. The predicted octanol–water partition coefficient (Wildman–Crippen LogP) is 4.40. The summed E-state index contributed by atoms with van der Waals surface area (Å²) in [6.45, 7) is 15.5. The first kappa shape index (κ1) is 32.9. The van der Waals surface area contributed by atoms with Crippen molar-refractivity contribution in [3.8, 4) is 0 Å². The van der Waals surface area contributed by atoms with Gasteiger partial charge in [-0.05, 0) is 63.6 Å². The molecule has 2 aromatic carbocycles. The van der Waals surface area contributed by atoms with Crippen molar-refractivity contribution in [2.75, 3.05) is 47.5 Å². The maximum Gasteiger partial charge on any atom is 0.253 e. The van der Waals surface area contributed by atoms with Crippen molar-refractivity contribution >= 4 is 50.7 Å². The Kier molecular flexibility index (Phi) is 9.86. The van der Waals surface area contributed by atoms with Crippen LogP contribution in [-0.2, 0) is 19.1 Å². The van der Waals surface area contributed by atoms with Gasteiger partial charge in [0.05, 0.1) is 30.6 Å². The smallest absolute Gasteiger partial charge is 0.253 e. The summed E-state index contributed by atoms with van der Waals surface area (Å²) < 4.78 is 6.72. The van der Waals surface area contributed by atoms with Gasteiger partial charge in [-0.1, -0.05) is 46.3 Å². The van der Waals surface area contributed by atoms with E-state index in [9.17, 15) is 19.5 Å². The van der Waals surface area contributed by atoms with Crippen LogP contribution in [0.4, 0.5) is 17.1 Å². The predicted molar refractivity (Wildman–Crippen MR) is 181 cm³/mol. The van der Waals surface area contributed by atoms with Crippen LogP contribution in [0.5, 0.6) is 0 Å². The molecule has 0 aliphatic carbocycles. The van der Waals surface area contributed by atoms with Crippen LogP contribution in [0.1, 0.15) is 27.2 Å². The maximum absolute atomic E-state index is 14.8. The van der Waals surface area contributed by atoms with Crippen LogP contribution in [0.3, 0.4) is 0 Å². The number of amides is 3. The first-order valence-corrected chi connectivity index (χ1v) is 16.6. The lowest BCUT2D eigenvalue weighted by Crippen LogP contribution is -2.59. The van der Waals surface area contributed by atoms with Gasteiger partial charge in [0.1, 0.15) is 11.6 Å². The number of nitrogens with zero attached hydrogens (tertiary/aromatic N) is 4. The number of aliphatic hydroxyl groups is 1. The highest BCUT2D eigenvalue weighted by atomic mass is 79.9. The molecule has 1 spiro atoms. The quantitative estimate of drug-likeness (QED) is 0.250. The highest BCUT2D eigenvalue weighted by molar-refractivity contribution is 9.09. The van der Waals surface area contributed by atoms with Gasteiger partial charge in [-0.25, -0.2) is 0 Å². The number of carbonyl (C=O) groups excluding carboxylic acids is 3. The van der Waals surface area contributed by atoms with Gasteiger partial charge in [0.25, 0.3) is 5.91 Å². The molecule has 3 heterocycles. The third kappa shape index (κ3) is 5.51. The van der Waals surface area contributed by atoms with E-state index in [0.717, 1.165) is 18.8 Å². The lowest BCUT2D eigenvalue weighted by molar-refractivity contribution is -0.143. The molecule has 45 heavy (non-hydrogen) atoms. The van der Waals surface area contributed by atoms with Crippen LogP contribution in [0.15, 0.2) is 79.9 Å². The SMILES string of the molecule is C=CCN(C(=O)C1N([C@H](C)CO)C(=O)[C@@H]2[C@H](C(=O)N(CC=C)c3ccccc3)[C@H]3OC12CC3Br)c1ccc(N(CC)CC)cc1. The number of rotatable bonds is 13. The van der Waals surface area contributed by atoms with Gasteiger partial charge in [0.2, 0.25) is 11.8 Å². The van der Waals surface area contributed by atoms with Crippen LogP contribution in [0.25, 0.3) is 0 Å². The average Bonchev–Trinajstić information content (AvgIpc) is 3.66. The zero-order chi connectivity index (χ0) is 32.5. The highest BCUT2D eigenvalue weighted by Gasteiger charge is 2.77. The molecule has 3 unspecified atom stereocenters. The van der Waals surface area contributed by atoms with Gasteiger partial charge in [-0.2, -0.15) is 0 Å². The van der Waals surface area contributed by atoms with E-state index in [1.165, 1.54) is 4.90 Å². The van der Waals surface area contributed by atoms with Gasteiger partial charge in [0.15, 0.2) is 0 Å². The number of ether oxygens (including phenoxy) is 1. The summed E-state index contributed by atoms with van der Waals surface area (Å²) in [5, 5.41) is 10.3. The molecule has 0 saturated carbocycles. The summed E-state index contributed by atoms with van der Waals surface area (Å²) >= 11 is 3.76. The van der Waals surface area contributed by atoms with E-state index >= 15 is 0 Å². The third-order valence-electron chi connectivity index (χ3n) is 9.50. The molecule has 9 nitrogen and oxygen atoms in total. The van der Waals surface area contributed by atoms with Crippen molar-refractivity contribution in [3.05, 3.63) is 79.9 Å². The van der Waals surface area contributed by atoms with E-state index < -0.39 is 35.6 Å². The van der Waals surface area contributed by atoms with Gasteiger partial charge in [-0.3, -0.25) is 14.4 Å². The minimum atomic E-state index is -1.26. The van der Waals surface area contributed by atoms with Crippen LogP contribution in [0.2, 0.25) is 0 Å². The Balaban J connectivity index is 1.57. The fraction of sp³-hybridized carbons (Fsp3) is 0.457. The summed E-state index contributed by atoms with van der Waals surface area (Å²) in [5.41, 5.74) is 1.14. The molecule has 0 aromatic heterocycles. The van der Waals surface area contributed by atoms with E-state index in [1.54, 1.807) is 28.9 Å². The fourth-order valence-corrected chi connectivity index (χ4v) is 8.41. The summed E-state index contributed by atoms with van der Waals surface area (Å²) in [6.07, 6.45) is 3.08. The summed E-state index contributed by atoms with van der Waals surface area (Å²) in [4.78, 5) is 50.4. The Morgan fingerprint density at radius 3 is 2.11 bits per heavy atom. The molecule has 3 saturated heterocycles. The summed E-state index contributed by atoms with van der Waals surface area (Å²) in [5.74, 6) is -2.66. The molecule has 7 atom stereocenters. The van der Waals surface area contributed by atoms with E-state index in [1.807, 2.05) is 54.6 Å². The monoisotopic (exact) mass is 678 g/mol. The molecule has 2 bridgehead atoms. The molecule has 10 heteroatoms. The second-order valence-electron chi connectivity index (χ2n) is 11.9. The number of carbonyl (C=O) groups is 3. The van der Waals surface area contributed by atoms with E-state index in [2.05, 4.69) is 47.8 Å². The van der Waals surface area contributed by atoms with Crippen LogP contribution in [-0.4, -0.2) is 89.1 Å². The number of halogens is 1. The Labute approximate surface area is 274 Å². The molecule has 3 fully saturated rings. The van der Waals surface area contributed by atoms with Crippen molar-refractivity contribution in [2.24, 2.45) is 11.8 Å². The van der Waals surface area contributed by atoms with Gasteiger partial charge >= 0.3 is 0 Å². The second kappa shape index (κ2) is 13.5. The molecular formula is C35H43BrN4O5. The molecule has 3 aliphatic rings. The number of likely N-dealkylation sites (tertiary alicyclic amines) is 1. The molecular weight excluding hydrogens is 636 g/mol. The first-order chi connectivity index (χ1) is 21.7. The van der Waals surface area contributed by atoms with E-state index in [4.69, 9.17) is 4.74 Å². The zero-order valence-corrected chi connectivity index (χ0v) is 27.8. The largest absolute Gasteiger partial charge is 0.394 e. The van der Waals surface area contributed by atoms with Crippen LogP contribution >= 0.6 is 15.9 Å². The molecule has 3 amide bonds. The number of alkyl halides is 1. The number of hydrogen-bond acceptors (Lipinski definition) is 6. The second-order valence-corrected chi connectivity index (χ2v) is 13.1. The normalized spacial score (nSPS) is 27.2. The molecule has 3 aliphatic heterocycles. The minimum absolute atomic E-state index is 0.209. The van der Waals surface area contributed by atoms with Crippen molar-refractivity contribution < 1.29 is 24.2 Å². The Hall–Kier alpha value is -3.47. The van der Waals surface area contributed by atoms with Crippen molar-refractivity contribution in [1.29, 1.82) is 0 Å². The summed E-state index contributed by atoms with van der Waals surface area (Å²) in [6, 6.07) is 15.3. The Morgan fingerprint density at radius 1 is 1.00 bits per heavy atom. The fourth-order valence-electron chi connectivity index (χ4n) is 7.46. The Morgan fingerprint density at radius 2 is 1.56 bits per heavy atom.